The predicted octanol–water partition coefficient (Wildman–Crippen LogP) is 1.62. The number of nitrogens with zero attached hydrogens (tertiary/aromatic N) is 2. The second kappa shape index (κ2) is 5.16. The van der Waals surface area contributed by atoms with Gasteiger partial charge in [-0.05, 0) is 29.8 Å². The molecule has 1 saturated heterocycles. The molecule has 0 aliphatic carbocycles. The van der Waals surface area contributed by atoms with Crippen molar-refractivity contribution in [3.63, 3.8) is 0 Å². The van der Waals surface area contributed by atoms with E-state index in [0.29, 0.717) is 11.3 Å². The summed E-state index contributed by atoms with van der Waals surface area (Å²) in [6.45, 7) is -0.272. The summed E-state index contributed by atoms with van der Waals surface area (Å²) in [5.74, 6) is -0.687. The lowest BCUT2D eigenvalue weighted by Crippen LogP contribution is -2.27. The molecule has 2 aromatic rings. The van der Waals surface area contributed by atoms with Gasteiger partial charge in [-0.3, -0.25) is 14.8 Å². The average molecular weight is 327 g/mol. The van der Waals surface area contributed by atoms with E-state index in [4.69, 9.17) is 0 Å². The quantitative estimate of drug-likeness (QED) is 0.869. The first-order valence-electron chi connectivity index (χ1n) is 6.40. The van der Waals surface area contributed by atoms with Crippen molar-refractivity contribution in [3.8, 4) is 11.3 Å². The van der Waals surface area contributed by atoms with Gasteiger partial charge in [-0.2, -0.15) is 13.5 Å². The van der Waals surface area contributed by atoms with Crippen LogP contribution in [-0.2, 0) is 15.0 Å². The molecule has 3 rings (SSSR count). The van der Waals surface area contributed by atoms with Gasteiger partial charge in [-0.1, -0.05) is 0 Å². The number of aromatic amines is 1. The van der Waals surface area contributed by atoms with Gasteiger partial charge in [-0.25, -0.2) is 4.39 Å². The third kappa shape index (κ3) is 2.71. The van der Waals surface area contributed by atoms with Crippen LogP contribution in [0.5, 0.6) is 0 Å². The largest absolute Gasteiger partial charge is 0.307 e. The first kappa shape index (κ1) is 14.6. The molecule has 1 unspecified atom stereocenters. The van der Waals surface area contributed by atoms with Crippen LogP contribution < -0.4 is 4.90 Å². The van der Waals surface area contributed by atoms with Crippen molar-refractivity contribution >= 4 is 21.9 Å². The summed E-state index contributed by atoms with van der Waals surface area (Å²) in [5, 5.41) is 5.25. The molecule has 22 heavy (non-hydrogen) atoms. The van der Waals surface area contributed by atoms with Crippen LogP contribution in [-0.4, -0.2) is 36.3 Å². The highest BCUT2D eigenvalue weighted by Crippen LogP contribution is 2.27. The minimum atomic E-state index is -4.77. The molecular formula is C13H11F2N3O3S. The fourth-order valence-corrected chi connectivity index (χ4v) is 2.98. The van der Waals surface area contributed by atoms with Crippen LogP contribution >= 0.6 is 0 Å². The molecule has 0 spiro atoms. The van der Waals surface area contributed by atoms with Crippen LogP contribution in [0.3, 0.4) is 0 Å². The summed E-state index contributed by atoms with van der Waals surface area (Å²) >= 11 is 0. The Morgan fingerprint density at radius 1 is 1.27 bits per heavy atom. The number of aromatic nitrogens is 2. The van der Waals surface area contributed by atoms with Crippen molar-refractivity contribution in [2.45, 2.75) is 11.7 Å². The van der Waals surface area contributed by atoms with E-state index < -0.39 is 27.8 Å². The number of carbonyl (C=O) groups excluding carboxylic acids is 1. The maximum absolute atomic E-state index is 13.0. The number of amides is 1. The smallest absolute Gasteiger partial charge is 0.294 e. The Morgan fingerprint density at radius 2 is 1.95 bits per heavy atom. The summed E-state index contributed by atoms with van der Waals surface area (Å²) in [5.41, 5.74) is 1.19. The molecule has 1 aliphatic heterocycles. The molecule has 0 saturated carbocycles. The molecule has 0 bridgehead atoms. The molecule has 116 valence electrons. The Bertz CT molecular complexity index is 817. The molecule has 2 heterocycles. The number of carbonyl (C=O) groups is 1. The monoisotopic (exact) mass is 327 g/mol. The van der Waals surface area contributed by atoms with Gasteiger partial charge in [-0.15, -0.1) is 3.89 Å². The topological polar surface area (TPSA) is 83.1 Å². The van der Waals surface area contributed by atoms with E-state index in [1.54, 1.807) is 0 Å². The minimum Gasteiger partial charge on any atom is -0.294 e. The number of hydrogen-bond donors (Lipinski definition) is 1. The molecule has 1 aromatic carbocycles. The van der Waals surface area contributed by atoms with E-state index in [2.05, 4.69) is 10.2 Å². The highest BCUT2D eigenvalue weighted by atomic mass is 32.3. The summed E-state index contributed by atoms with van der Waals surface area (Å²) in [6.07, 6.45) is -0.405. The summed E-state index contributed by atoms with van der Waals surface area (Å²) in [7, 11) is -4.77. The van der Waals surface area contributed by atoms with Crippen molar-refractivity contribution in [3.05, 3.63) is 36.1 Å². The third-order valence-corrected chi connectivity index (χ3v) is 4.60. The molecule has 6 nitrogen and oxygen atoms in total. The number of hydrogen-bond acceptors (Lipinski definition) is 4. The van der Waals surface area contributed by atoms with Crippen LogP contribution in [0.4, 0.5) is 14.1 Å². The van der Waals surface area contributed by atoms with Gasteiger partial charge in [0, 0.05) is 19.0 Å². The Balaban J connectivity index is 1.85. The van der Waals surface area contributed by atoms with Gasteiger partial charge < -0.3 is 0 Å². The number of rotatable bonds is 3. The first-order chi connectivity index (χ1) is 10.3. The zero-order chi connectivity index (χ0) is 15.9. The number of nitrogens with one attached hydrogen (secondary N) is 1. The molecule has 1 aliphatic rings. The zero-order valence-corrected chi connectivity index (χ0v) is 12.0. The lowest BCUT2D eigenvalue weighted by Gasteiger charge is -2.11. The summed E-state index contributed by atoms with van der Waals surface area (Å²) in [6, 6.07) is 7.16. The normalized spacial score (nSPS) is 18.9. The van der Waals surface area contributed by atoms with Crippen molar-refractivity contribution in [2.24, 2.45) is 0 Å². The number of anilines is 1. The molecule has 9 heteroatoms. The fraction of sp³-hybridized carbons (Fsp3) is 0.231. The molecule has 1 N–H and O–H groups in total. The molecule has 0 radical (unpaired) electrons. The van der Waals surface area contributed by atoms with E-state index in [1.165, 1.54) is 30.3 Å². The lowest BCUT2D eigenvalue weighted by molar-refractivity contribution is -0.117. The predicted molar refractivity (Wildman–Crippen MR) is 74.8 cm³/mol. The van der Waals surface area contributed by atoms with Gasteiger partial charge in [0.15, 0.2) is 5.82 Å². The zero-order valence-electron chi connectivity index (χ0n) is 11.2. The van der Waals surface area contributed by atoms with Gasteiger partial charge in [0.25, 0.3) is 0 Å². The number of benzene rings is 1. The van der Waals surface area contributed by atoms with E-state index in [1.807, 2.05) is 0 Å². The number of H-pyrrole nitrogens is 1. The van der Waals surface area contributed by atoms with Crippen LogP contribution in [0, 0.1) is 5.82 Å². The standard InChI is InChI=1S/C13H11F2N3O3S/c14-9-3-1-8(2-4-9)11-6-12(17-16-11)18-7-10(5-13(18)19)22(15,20)21/h1-4,6,10H,5,7H2,(H,16,17). The SMILES string of the molecule is O=C1CC(S(=O)(=O)F)CN1c1cc(-c2ccc(F)cc2)[nH]n1. The average Bonchev–Trinajstić information content (AvgIpc) is 3.05. The molecule has 1 amide bonds. The summed E-state index contributed by atoms with van der Waals surface area (Å²) < 4.78 is 47.7. The van der Waals surface area contributed by atoms with Crippen LogP contribution in [0.25, 0.3) is 11.3 Å². The van der Waals surface area contributed by atoms with Crippen LogP contribution in [0.1, 0.15) is 6.42 Å². The second-order valence-electron chi connectivity index (χ2n) is 4.95. The van der Waals surface area contributed by atoms with Crippen LogP contribution in [0.2, 0.25) is 0 Å². The van der Waals surface area contributed by atoms with Gasteiger partial charge >= 0.3 is 10.2 Å². The van der Waals surface area contributed by atoms with Crippen molar-refractivity contribution in [1.82, 2.24) is 10.2 Å². The van der Waals surface area contributed by atoms with Gasteiger partial charge in [0.05, 0.1) is 5.69 Å². The van der Waals surface area contributed by atoms with Crippen molar-refractivity contribution in [1.29, 1.82) is 0 Å². The first-order valence-corrected chi connectivity index (χ1v) is 7.84. The highest BCUT2D eigenvalue weighted by molar-refractivity contribution is 7.87. The molecule has 1 aromatic heterocycles. The van der Waals surface area contributed by atoms with Gasteiger partial charge in [0.1, 0.15) is 11.1 Å². The molecular weight excluding hydrogens is 316 g/mol. The second-order valence-corrected chi connectivity index (χ2v) is 6.57. The fourth-order valence-electron chi connectivity index (χ4n) is 2.31. The van der Waals surface area contributed by atoms with E-state index in [9.17, 15) is 21.5 Å². The maximum atomic E-state index is 13.0. The van der Waals surface area contributed by atoms with Crippen LogP contribution in [0.15, 0.2) is 30.3 Å². The van der Waals surface area contributed by atoms with Crippen molar-refractivity contribution in [2.75, 3.05) is 11.4 Å². The van der Waals surface area contributed by atoms with E-state index >= 15 is 0 Å². The lowest BCUT2D eigenvalue weighted by atomic mass is 10.1. The Kier molecular flexibility index (Phi) is 3.44. The highest BCUT2D eigenvalue weighted by Gasteiger charge is 2.39. The van der Waals surface area contributed by atoms with E-state index in [-0.39, 0.29) is 18.2 Å². The van der Waals surface area contributed by atoms with Gasteiger partial charge in [0.2, 0.25) is 5.91 Å². The molecule has 1 atom stereocenters. The van der Waals surface area contributed by atoms with E-state index in [0.717, 1.165) is 4.90 Å². The van der Waals surface area contributed by atoms with Crippen molar-refractivity contribution < 1.29 is 21.5 Å². The number of halogens is 2. The molecule has 1 fully saturated rings. The minimum absolute atomic E-state index is 0.204. The Morgan fingerprint density at radius 3 is 2.55 bits per heavy atom. The summed E-state index contributed by atoms with van der Waals surface area (Å²) in [4.78, 5) is 12.9. The Labute approximate surface area is 125 Å². The third-order valence-electron chi connectivity index (χ3n) is 3.48. The Hall–Kier alpha value is -2.29. The maximum Gasteiger partial charge on any atom is 0.307 e.